The summed E-state index contributed by atoms with van der Waals surface area (Å²) >= 11 is 0. The second kappa shape index (κ2) is 4.60. The van der Waals surface area contributed by atoms with Gasteiger partial charge in [-0.3, -0.25) is 0 Å². The second-order valence-electron chi connectivity index (χ2n) is 2.11. The largest absolute Gasteiger partial charge is 0.463 e. The fourth-order valence-electron chi connectivity index (χ4n) is 0.637. The van der Waals surface area contributed by atoms with Crippen molar-refractivity contribution in [2.45, 2.75) is 0 Å². The number of guanidine groups is 1. The van der Waals surface area contributed by atoms with Gasteiger partial charge in [0.15, 0.2) is 5.03 Å². The lowest BCUT2D eigenvalue weighted by atomic mass is 10.5. The van der Waals surface area contributed by atoms with Gasteiger partial charge in [0, 0.05) is 0 Å². The molecule has 0 amide bonds. The minimum atomic E-state index is -0.926. The summed E-state index contributed by atoms with van der Waals surface area (Å²) < 4.78 is 4.89. The highest BCUT2D eigenvalue weighted by Gasteiger charge is 1.95. The lowest BCUT2D eigenvalue weighted by molar-refractivity contribution is -0.485. The molecule has 0 fully saturated rings. The minimum Gasteiger partial charge on any atom is -0.463 e. The number of hydrogen-bond donors (Lipinski definition) is 2. The number of nitro groups is 1. The van der Waals surface area contributed by atoms with E-state index in [2.05, 4.69) is 15.6 Å². The standard InChI is InChI=1S/C6H7N5O3/c7-6(10-11(12)13)9-8-4-5-2-1-3-14-5/h1-4H,(H3,7,9,10)/b8-4+. The molecule has 0 saturated carbocycles. The van der Waals surface area contributed by atoms with Crippen LogP contribution >= 0.6 is 0 Å². The molecular weight excluding hydrogens is 190 g/mol. The van der Waals surface area contributed by atoms with E-state index in [0.29, 0.717) is 5.76 Å². The molecule has 0 unspecified atom stereocenters. The maximum Gasteiger partial charge on any atom is 0.286 e. The number of rotatable bonds is 3. The average Bonchev–Trinajstić information content (AvgIpc) is 2.55. The SMILES string of the molecule is N/C(=N\[N+](=O)[O-])N/N=C/c1ccco1. The number of hydrazone groups is 2. The first kappa shape index (κ1) is 9.71. The van der Waals surface area contributed by atoms with Crippen molar-refractivity contribution in [1.29, 1.82) is 0 Å². The molecule has 0 saturated heterocycles. The summed E-state index contributed by atoms with van der Waals surface area (Å²) in [5.74, 6) is 0.0872. The summed E-state index contributed by atoms with van der Waals surface area (Å²) in [7, 11) is 0. The summed E-state index contributed by atoms with van der Waals surface area (Å²) in [6.07, 6.45) is 2.78. The smallest absolute Gasteiger partial charge is 0.286 e. The van der Waals surface area contributed by atoms with Gasteiger partial charge in [-0.2, -0.15) is 5.10 Å². The van der Waals surface area contributed by atoms with Crippen LogP contribution in [-0.4, -0.2) is 17.2 Å². The number of nitrogens with two attached hydrogens (primary N) is 1. The van der Waals surface area contributed by atoms with Crippen molar-refractivity contribution in [2.24, 2.45) is 15.9 Å². The molecular formula is C6H7N5O3. The number of nitrogens with one attached hydrogen (secondary N) is 1. The van der Waals surface area contributed by atoms with E-state index >= 15 is 0 Å². The number of nitrogens with zero attached hydrogens (tertiary/aromatic N) is 3. The van der Waals surface area contributed by atoms with Crippen LogP contribution in [0.3, 0.4) is 0 Å². The van der Waals surface area contributed by atoms with Crippen molar-refractivity contribution in [3.8, 4) is 0 Å². The second-order valence-corrected chi connectivity index (χ2v) is 2.11. The van der Waals surface area contributed by atoms with E-state index in [0.717, 1.165) is 0 Å². The van der Waals surface area contributed by atoms with E-state index in [1.54, 1.807) is 12.1 Å². The molecule has 1 aromatic heterocycles. The Labute approximate surface area is 78.2 Å². The molecule has 8 heteroatoms. The van der Waals surface area contributed by atoms with Crippen LogP contribution in [0.1, 0.15) is 5.76 Å². The topological polar surface area (TPSA) is 119 Å². The molecule has 0 spiro atoms. The zero-order valence-corrected chi connectivity index (χ0v) is 6.95. The van der Waals surface area contributed by atoms with E-state index in [4.69, 9.17) is 10.2 Å². The Hall–Kier alpha value is -2.38. The summed E-state index contributed by atoms with van der Waals surface area (Å²) in [6, 6.07) is 3.34. The highest BCUT2D eigenvalue weighted by molar-refractivity contribution is 5.80. The van der Waals surface area contributed by atoms with Crippen molar-refractivity contribution in [3.05, 3.63) is 34.3 Å². The Balaban J connectivity index is 2.44. The lowest BCUT2D eigenvalue weighted by Crippen LogP contribution is -2.28. The molecule has 0 bridgehead atoms. The zero-order valence-electron chi connectivity index (χ0n) is 6.95. The van der Waals surface area contributed by atoms with Gasteiger partial charge in [0.25, 0.3) is 5.96 Å². The average molecular weight is 197 g/mol. The number of hydrogen-bond acceptors (Lipinski definition) is 4. The molecule has 0 aliphatic rings. The highest BCUT2D eigenvalue weighted by Crippen LogP contribution is 1.94. The molecule has 0 aromatic carbocycles. The third kappa shape index (κ3) is 3.34. The van der Waals surface area contributed by atoms with Gasteiger partial charge >= 0.3 is 0 Å². The third-order valence-electron chi connectivity index (χ3n) is 1.10. The first-order valence-electron chi connectivity index (χ1n) is 3.49. The van der Waals surface area contributed by atoms with Crippen molar-refractivity contribution in [2.75, 3.05) is 0 Å². The zero-order chi connectivity index (χ0) is 10.4. The van der Waals surface area contributed by atoms with Gasteiger partial charge in [0.1, 0.15) is 10.9 Å². The highest BCUT2D eigenvalue weighted by atomic mass is 16.7. The molecule has 0 atom stereocenters. The van der Waals surface area contributed by atoms with Crippen LogP contribution < -0.4 is 11.2 Å². The molecule has 1 rings (SSSR count). The third-order valence-corrected chi connectivity index (χ3v) is 1.10. The predicted octanol–water partition coefficient (Wildman–Crippen LogP) is -0.291. The summed E-state index contributed by atoms with van der Waals surface area (Å²) in [6.45, 7) is 0. The summed E-state index contributed by atoms with van der Waals surface area (Å²) in [4.78, 5) is 9.83. The molecule has 1 aromatic rings. The lowest BCUT2D eigenvalue weighted by Gasteiger charge is -1.91. The molecule has 74 valence electrons. The molecule has 14 heavy (non-hydrogen) atoms. The van der Waals surface area contributed by atoms with Crippen molar-refractivity contribution in [3.63, 3.8) is 0 Å². The quantitative estimate of drug-likeness (QED) is 0.298. The maximum atomic E-state index is 9.83. The number of furan rings is 1. The van der Waals surface area contributed by atoms with E-state index < -0.39 is 11.0 Å². The van der Waals surface area contributed by atoms with Crippen molar-refractivity contribution < 1.29 is 9.45 Å². The fourth-order valence-corrected chi connectivity index (χ4v) is 0.637. The Kier molecular flexibility index (Phi) is 3.19. The maximum absolute atomic E-state index is 9.83. The van der Waals surface area contributed by atoms with Crippen LogP contribution in [0.4, 0.5) is 0 Å². The monoisotopic (exact) mass is 197 g/mol. The Morgan fingerprint density at radius 2 is 2.57 bits per heavy atom. The predicted molar refractivity (Wildman–Crippen MR) is 48.1 cm³/mol. The Morgan fingerprint density at radius 1 is 1.79 bits per heavy atom. The van der Waals surface area contributed by atoms with E-state index in [1.165, 1.54) is 12.5 Å². The normalized spacial score (nSPS) is 11.9. The molecule has 0 radical (unpaired) electrons. The van der Waals surface area contributed by atoms with Crippen LogP contribution in [0.15, 0.2) is 33.0 Å². The molecule has 0 aliphatic heterocycles. The van der Waals surface area contributed by atoms with Gasteiger partial charge in [-0.25, -0.2) is 15.5 Å². The van der Waals surface area contributed by atoms with Crippen LogP contribution in [-0.2, 0) is 0 Å². The van der Waals surface area contributed by atoms with Gasteiger partial charge in [-0.05, 0) is 12.1 Å². The van der Waals surface area contributed by atoms with Crippen LogP contribution in [0.2, 0.25) is 0 Å². The fraction of sp³-hybridized carbons (Fsp3) is 0. The van der Waals surface area contributed by atoms with Crippen LogP contribution in [0.5, 0.6) is 0 Å². The van der Waals surface area contributed by atoms with Gasteiger partial charge < -0.3 is 10.2 Å². The van der Waals surface area contributed by atoms with E-state index in [-0.39, 0.29) is 0 Å². The molecule has 0 aliphatic carbocycles. The Bertz CT molecular complexity index is 356. The summed E-state index contributed by atoms with van der Waals surface area (Å²) in [5.41, 5.74) is 7.21. The molecule has 8 nitrogen and oxygen atoms in total. The minimum absolute atomic E-state index is 0.405. The van der Waals surface area contributed by atoms with Crippen LogP contribution in [0.25, 0.3) is 0 Å². The summed E-state index contributed by atoms with van der Waals surface area (Å²) in [5, 5.41) is 15.2. The van der Waals surface area contributed by atoms with Gasteiger partial charge in [0.05, 0.1) is 12.5 Å². The van der Waals surface area contributed by atoms with Crippen molar-refractivity contribution in [1.82, 2.24) is 5.43 Å². The van der Waals surface area contributed by atoms with E-state index in [1.807, 2.05) is 0 Å². The van der Waals surface area contributed by atoms with Gasteiger partial charge in [-0.1, -0.05) is 0 Å². The first-order chi connectivity index (χ1) is 6.68. The molecule has 1 heterocycles. The van der Waals surface area contributed by atoms with E-state index in [9.17, 15) is 10.1 Å². The first-order valence-corrected chi connectivity index (χ1v) is 3.49. The van der Waals surface area contributed by atoms with Gasteiger partial charge in [0.2, 0.25) is 0 Å². The molecule has 3 N–H and O–H groups in total. The Morgan fingerprint density at radius 3 is 3.14 bits per heavy atom. The van der Waals surface area contributed by atoms with Gasteiger partial charge in [-0.15, -0.1) is 0 Å². The van der Waals surface area contributed by atoms with Crippen molar-refractivity contribution >= 4 is 12.2 Å². The van der Waals surface area contributed by atoms with Crippen LogP contribution in [0, 0.1) is 10.1 Å².